The summed E-state index contributed by atoms with van der Waals surface area (Å²) < 4.78 is 5.35. The molecule has 0 bridgehead atoms. The van der Waals surface area contributed by atoms with Crippen molar-refractivity contribution in [1.82, 2.24) is 9.80 Å². The van der Waals surface area contributed by atoms with Crippen LogP contribution >= 0.6 is 0 Å². The molecule has 5 heteroatoms. The number of esters is 1. The highest BCUT2D eigenvalue weighted by Crippen LogP contribution is 2.42. The van der Waals surface area contributed by atoms with Crippen LogP contribution in [0.5, 0.6) is 0 Å². The quantitative estimate of drug-likeness (QED) is 0.378. The van der Waals surface area contributed by atoms with E-state index < -0.39 is 0 Å². The number of hydrogen-bond acceptors (Lipinski definition) is 5. The minimum Gasteiger partial charge on any atom is -0.468 e. The number of methoxy groups -OCH3 is 1. The van der Waals surface area contributed by atoms with Crippen molar-refractivity contribution in [3.05, 3.63) is 29.8 Å². The van der Waals surface area contributed by atoms with Crippen molar-refractivity contribution in [1.29, 1.82) is 0 Å². The van der Waals surface area contributed by atoms with Gasteiger partial charge >= 0.3 is 5.97 Å². The number of piperidine rings is 2. The second-order valence-electron chi connectivity index (χ2n) is 14.7. The number of carbonyl (C=O) groups excluding carboxylic acids is 1. The average molecular weight is 526 g/mol. The number of likely N-dealkylation sites (tertiary alicyclic amines) is 2. The normalized spacial score (nSPS) is 27.9. The predicted molar refractivity (Wildman–Crippen MR) is 159 cm³/mol. The fraction of sp³-hybridized carbons (Fsp3) is 0.788. The van der Waals surface area contributed by atoms with Crippen LogP contribution in [0.4, 0.5) is 5.69 Å². The molecule has 0 aliphatic carbocycles. The monoisotopic (exact) mass is 525 g/mol. The number of hydrogen-bond donors (Lipinski definition) is 0. The van der Waals surface area contributed by atoms with E-state index in [2.05, 4.69) is 94.4 Å². The lowest BCUT2D eigenvalue weighted by atomic mass is 9.75. The Morgan fingerprint density at radius 1 is 0.921 bits per heavy atom. The van der Waals surface area contributed by atoms with Crippen LogP contribution in [-0.2, 0) is 16.0 Å². The molecule has 0 radical (unpaired) electrons. The average Bonchev–Trinajstić information content (AvgIpc) is 3.27. The van der Waals surface area contributed by atoms with Gasteiger partial charge in [-0.2, -0.15) is 0 Å². The standard InChI is InChI=1S/C33H55N3O2/c1-24-21-25(22-32(5,6)35-20-17-26-13-10-11-15-28(26)35)16-19-34(24)33(7,8)23-27-14-12-18-36(31(2,3)4)29(27)30(37)38-9/h10-11,13,15,24-25,27,29H,12,14,16-23H2,1-9H3. The third-order valence-electron chi connectivity index (χ3n) is 9.99. The van der Waals surface area contributed by atoms with Gasteiger partial charge in [0, 0.05) is 34.9 Å². The zero-order valence-corrected chi connectivity index (χ0v) is 25.8. The number of anilines is 1. The molecule has 3 heterocycles. The number of para-hydroxylation sites is 1. The molecule has 0 amide bonds. The van der Waals surface area contributed by atoms with Gasteiger partial charge in [0.25, 0.3) is 0 Å². The fourth-order valence-electron chi connectivity index (χ4n) is 8.38. The minimum absolute atomic E-state index is 0.0457. The molecular formula is C33H55N3O2. The minimum atomic E-state index is -0.148. The molecule has 1 aromatic rings. The number of benzene rings is 1. The summed E-state index contributed by atoms with van der Waals surface area (Å²) in [7, 11) is 1.55. The van der Waals surface area contributed by atoms with E-state index in [4.69, 9.17) is 4.74 Å². The summed E-state index contributed by atoms with van der Waals surface area (Å²) in [6, 6.07) is 9.37. The first-order chi connectivity index (χ1) is 17.7. The van der Waals surface area contributed by atoms with Gasteiger partial charge in [-0.05, 0) is 137 Å². The van der Waals surface area contributed by atoms with Crippen LogP contribution in [0.3, 0.4) is 0 Å². The van der Waals surface area contributed by atoms with Crippen molar-refractivity contribution in [2.24, 2.45) is 11.8 Å². The lowest BCUT2D eigenvalue weighted by Gasteiger charge is -2.52. The Labute approximate surface area is 233 Å². The number of fused-ring (bicyclic) bond motifs is 1. The Morgan fingerprint density at radius 2 is 1.63 bits per heavy atom. The summed E-state index contributed by atoms with van der Waals surface area (Å²) in [4.78, 5) is 20.9. The van der Waals surface area contributed by atoms with Gasteiger partial charge in [-0.15, -0.1) is 0 Å². The lowest BCUT2D eigenvalue weighted by molar-refractivity contribution is -0.155. The Kier molecular flexibility index (Phi) is 8.60. The van der Waals surface area contributed by atoms with E-state index in [1.165, 1.54) is 36.9 Å². The molecule has 4 atom stereocenters. The molecule has 214 valence electrons. The number of ether oxygens (including phenoxy) is 1. The molecule has 0 N–H and O–H groups in total. The van der Waals surface area contributed by atoms with E-state index in [1.807, 2.05) is 0 Å². The largest absolute Gasteiger partial charge is 0.468 e. The Balaban J connectivity index is 1.41. The van der Waals surface area contributed by atoms with Crippen LogP contribution in [0.2, 0.25) is 0 Å². The third-order valence-corrected chi connectivity index (χ3v) is 9.99. The Morgan fingerprint density at radius 3 is 2.29 bits per heavy atom. The Bertz CT molecular complexity index is 965. The van der Waals surface area contributed by atoms with E-state index >= 15 is 0 Å². The van der Waals surface area contributed by atoms with Crippen molar-refractivity contribution < 1.29 is 9.53 Å². The number of nitrogens with zero attached hydrogens (tertiary/aromatic N) is 3. The third kappa shape index (κ3) is 6.09. The van der Waals surface area contributed by atoms with E-state index in [-0.39, 0.29) is 28.6 Å². The van der Waals surface area contributed by atoms with Crippen LogP contribution in [0, 0.1) is 11.8 Å². The molecule has 38 heavy (non-hydrogen) atoms. The highest BCUT2D eigenvalue weighted by molar-refractivity contribution is 5.76. The van der Waals surface area contributed by atoms with E-state index in [9.17, 15) is 4.79 Å². The molecular weight excluding hydrogens is 470 g/mol. The highest BCUT2D eigenvalue weighted by Gasteiger charge is 2.46. The molecule has 4 rings (SSSR count). The maximum absolute atomic E-state index is 13.0. The van der Waals surface area contributed by atoms with Gasteiger partial charge in [0.2, 0.25) is 0 Å². The molecule has 1 aromatic carbocycles. The molecule has 3 aliphatic rings. The smallest absolute Gasteiger partial charge is 0.323 e. The van der Waals surface area contributed by atoms with Crippen molar-refractivity contribution >= 4 is 11.7 Å². The van der Waals surface area contributed by atoms with Gasteiger partial charge in [-0.1, -0.05) is 18.2 Å². The van der Waals surface area contributed by atoms with Crippen LogP contribution in [-0.4, -0.2) is 71.2 Å². The van der Waals surface area contributed by atoms with Crippen molar-refractivity contribution in [3.8, 4) is 0 Å². The van der Waals surface area contributed by atoms with Crippen LogP contribution in [0.15, 0.2) is 24.3 Å². The predicted octanol–water partition coefficient (Wildman–Crippen LogP) is 6.54. The highest BCUT2D eigenvalue weighted by atomic mass is 16.5. The van der Waals surface area contributed by atoms with E-state index in [0.29, 0.717) is 12.0 Å². The molecule has 2 saturated heterocycles. The summed E-state index contributed by atoms with van der Waals surface area (Å²) >= 11 is 0. The molecule has 5 nitrogen and oxygen atoms in total. The molecule has 2 fully saturated rings. The Hall–Kier alpha value is -1.59. The zero-order valence-electron chi connectivity index (χ0n) is 25.8. The number of rotatable bonds is 7. The van der Waals surface area contributed by atoms with Crippen molar-refractivity contribution in [3.63, 3.8) is 0 Å². The van der Waals surface area contributed by atoms with Gasteiger partial charge in [0.15, 0.2) is 0 Å². The summed E-state index contributed by atoms with van der Waals surface area (Å²) in [5.74, 6) is 1.01. The van der Waals surface area contributed by atoms with Gasteiger partial charge in [-0.25, -0.2) is 0 Å². The van der Waals surface area contributed by atoms with Gasteiger partial charge < -0.3 is 9.64 Å². The lowest BCUT2D eigenvalue weighted by Crippen LogP contribution is -2.60. The maximum Gasteiger partial charge on any atom is 0.323 e. The second-order valence-corrected chi connectivity index (χ2v) is 14.7. The molecule has 0 aromatic heterocycles. The van der Waals surface area contributed by atoms with Crippen molar-refractivity contribution in [2.45, 2.75) is 129 Å². The number of carbonyl (C=O) groups is 1. The zero-order chi connectivity index (χ0) is 27.9. The molecule has 4 unspecified atom stereocenters. The first kappa shape index (κ1) is 29.4. The van der Waals surface area contributed by atoms with Gasteiger partial charge in [-0.3, -0.25) is 14.6 Å². The first-order valence-corrected chi connectivity index (χ1v) is 15.2. The van der Waals surface area contributed by atoms with E-state index in [0.717, 1.165) is 44.8 Å². The first-order valence-electron chi connectivity index (χ1n) is 15.2. The second kappa shape index (κ2) is 11.1. The van der Waals surface area contributed by atoms with Crippen LogP contribution in [0.25, 0.3) is 0 Å². The van der Waals surface area contributed by atoms with Crippen molar-refractivity contribution in [2.75, 3.05) is 31.6 Å². The van der Waals surface area contributed by atoms with Crippen LogP contribution < -0.4 is 4.90 Å². The van der Waals surface area contributed by atoms with E-state index in [1.54, 1.807) is 7.11 Å². The summed E-state index contributed by atoms with van der Waals surface area (Å²) in [5, 5.41) is 0. The van der Waals surface area contributed by atoms with Crippen LogP contribution in [0.1, 0.15) is 99.5 Å². The van der Waals surface area contributed by atoms with Gasteiger partial charge in [0.1, 0.15) is 6.04 Å². The molecule has 0 spiro atoms. The summed E-state index contributed by atoms with van der Waals surface area (Å²) in [5.41, 5.74) is 3.12. The topological polar surface area (TPSA) is 36.0 Å². The fourth-order valence-corrected chi connectivity index (χ4v) is 8.38. The summed E-state index contributed by atoms with van der Waals surface area (Å²) in [6.45, 7) is 22.1. The van der Waals surface area contributed by atoms with Gasteiger partial charge in [0.05, 0.1) is 7.11 Å². The molecule has 0 saturated carbocycles. The summed E-state index contributed by atoms with van der Waals surface area (Å²) in [6.07, 6.45) is 8.21. The maximum atomic E-state index is 13.0. The molecule has 3 aliphatic heterocycles. The SMILES string of the molecule is COC(=O)C1C(CC(C)(C)N2CCC(CC(C)(C)N3CCc4ccccc43)CC2C)CCCN1C(C)(C)C.